The lowest BCUT2D eigenvalue weighted by Gasteiger charge is -2.16. The van der Waals surface area contributed by atoms with Crippen molar-refractivity contribution in [2.45, 2.75) is 23.9 Å². The maximum Gasteiger partial charge on any atom is 0.329 e. The van der Waals surface area contributed by atoms with Crippen LogP contribution in [0.15, 0.2) is 46.3 Å². The Hall–Kier alpha value is -2.26. The van der Waals surface area contributed by atoms with Gasteiger partial charge in [-0.15, -0.1) is 0 Å². The quantitative estimate of drug-likeness (QED) is 0.371. The third kappa shape index (κ3) is 7.48. The topological polar surface area (TPSA) is 101 Å². The molecule has 0 aliphatic rings. The van der Waals surface area contributed by atoms with E-state index in [1.807, 2.05) is 30.3 Å². The molecular weight excluding hydrogens is 386 g/mol. The molecule has 0 bridgehead atoms. The highest BCUT2D eigenvalue weighted by Gasteiger charge is 2.21. The molecule has 0 radical (unpaired) electrons. The Morgan fingerprint density at radius 2 is 2.04 bits per heavy atom. The molecule has 2 rings (SSSR count). The van der Waals surface area contributed by atoms with Crippen molar-refractivity contribution < 1.29 is 14.3 Å². The zero-order valence-corrected chi connectivity index (χ0v) is 16.7. The van der Waals surface area contributed by atoms with Crippen LogP contribution in [-0.4, -0.2) is 46.5 Å². The number of thioether (sulfide) groups is 2. The summed E-state index contributed by atoms with van der Waals surface area (Å²) in [5.41, 5.74) is 1.45. The number of aromatic amines is 1. The lowest BCUT2D eigenvalue weighted by Crippen LogP contribution is -2.44. The number of hydrogen-bond acceptors (Lipinski definition) is 7. The standard InChI is InChI=1S/C18H21N3O4S2/c1-12-8-15(22)21-18(19-12)27-11-16(23)20-14(17(24)25-2)10-26-9-13-6-4-3-5-7-13/h3-8,14H,9-11H2,1-2H3,(H,20,23)(H,19,21,22)/t14-/m1/s1. The Morgan fingerprint density at radius 3 is 2.70 bits per heavy atom. The van der Waals surface area contributed by atoms with Crippen LogP contribution in [0.1, 0.15) is 11.3 Å². The van der Waals surface area contributed by atoms with E-state index in [9.17, 15) is 14.4 Å². The summed E-state index contributed by atoms with van der Waals surface area (Å²) < 4.78 is 4.78. The Labute approximate surface area is 165 Å². The van der Waals surface area contributed by atoms with Crippen molar-refractivity contribution >= 4 is 35.4 Å². The van der Waals surface area contributed by atoms with Crippen LogP contribution in [0.4, 0.5) is 0 Å². The molecule has 0 unspecified atom stereocenters. The number of methoxy groups -OCH3 is 1. The summed E-state index contributed by atoms with van der Waals surface area (Å²) >= 11 is 2.64. The number of nitrogens with zero attached hydrogens (tertiary/aromatic N) is 1. The van der Waals surface area contributed by atoms with Crippen molar-refractivity contribution in [2.24, 2.45) is 0 Å². The van der Waals surface area contributed by atoms with Gasteiger partial charge < -0.3 is 15.0 Å². The van der Waals surface area contributed by atoms with Crippen molar-refractivity contribution in [2.75, 3.05) is 18.6 Å². The molecule has 0 saturated heterocycles. The van der Waals surface area contributed by atoms with Crippen LogP contribution < -0.4 is 10.9 Å². The summed E-state index contributed by atoms with van der Waals surface area (Å²) in [6.45, 7) is 1.70. The SMILES string of the molecule is COC(=O)[C@@H](CSCc1ccccc1)NC(=O)CSc1nc(C)cc(=O)[nH]1. The maximum absolute atomic E-state index is 12.2. The summed E-state index contributed by atoms with van der Waals surface area (Å²) in [5.74, 6) is 0.338. The summed E-state index contributed by atoms with van der Waals surface area (Å²) in [7, 11) is 1.29. The molecule has 1 atom stereocenters. The van der Waals surface area contributed by atoms with E-state index in [1.54, 1.807) is 6.92 Å². The molecule has 0 aliphatic heterocycles. The molecule has 27 heavy (non-hydrogen) atoms. The summed E-state index contributed by atoms with van der Waals surface area (Å²) in [4.78, 5) is 42.3. The number of benzene rings is 1. The molecule has 2 N–H and O–H groups in total. The second kappa shape index (κ2) is 10.8. The lowest BCUT2D eigenvalue weighted by atomic mass is 10.2. The van der Waals surface area contributed by atoms with Gasteiger partial charge in [0.2, 0.25) is 5.91 Å². The number of hydrogen-bond donors (Lipinski definition) is 2. The number of ether oxygens (including phenoxy) is 1. The molecule has 9 heteroatoms. The predicted molar refractivity (Wildman–Crippen MR) is 107 cm³/mol. The summed E-state index contributed by atoms with van der Waals surface area (Å²) in [6, 6.07) is 10.5. The predicted octanol–water partition coefficient (Wildman–Crippen LogP) is 1.76. The molecular formula is C18H21N3O4S2. The minimum absolute atomic E-state index is 0.0310. The molecule has 1 heterocycles. The number of H-pyrrole nitrogens is 1. The van der Waals surface area contributed by atoms with Gasteiger partial charge in [0, 0.05) is 23.3 Å². The van der Waals surface area contributed by atoms with Crippen LogP contribution >= 0.6 is 23.5 Å². The van der Waals surface area contributed by atoms with E-state index in [0.717, 1.165) is 23.1 Å². The minimum atomic E-state index is -0.735. The number of rotatable bonds is 9. The van der Waals surface area contributed by atoms with E-state index < -0.39 is 12.0 Å². The zero-order valence-electron chi connectivity index (χ0n) is 15.1. The van der Waals surface area contributed by atoms with Crippen LogP contribution in [0, 0.1) is 6.92 Å². The van der Waals surface area contributed by atoms with Gasteiger partial charge in [-0.25, -0.2) is 9.78 Å². The number of amides is 1. The fourth-order valence-electron chi connectivity index (χ4n) is 2.17. The van der Waals surface area contributed by atoms with Crippen LogP contribution in [0.3, 0.4) is 0 Å². The van der Waals surface area contributed by atoms with E-state index >= 15 is 0 Å². The molecule has 2 aromatic rings. The van der Waals surface area contributed by atoms with Crippen molar-refractivity contribution in [3.8, 4) is 0 Å². The van der Waals surface area contributed by atoms with Gasteiger partial charge in [0.25, 0.3) is 5.56 Å². The number of aryl methyl sites for hydroxylation is 1. The summed E-state index contributed by atoms with van der Waals surface area (Å²) in [5, 5.41) is 3.04. The second-order valence-corrected chi connectivity index (χ2v) is 7.62. The van der Waals surface area contributed by atoms with Gasteiger partial charge in [-0.1, -0.05) is 42.1 Å². The van der Waals surface area contributed by atoms with Crippen LogP contribution in [0.5, 0.6) is 0 Å². The first-order valence-corrected chi connectivity index (χ1v) is 10.3. The van der Waals surface area contributed by atoms with Gasteiger partial charge in [-0.3, -0.25) is 9.59 Å². The van der Waals surface area contributed by atoms with Crippen LogP contribution in [-0.2, 0) is 20.1 Å². The summed E-state index contributed by atoms with van der Waals surface area (Å²) in [6.07, 6.45) is 0. The lowest BCUT2D eigenvalue weighted by molar-refractivity contribution is -0.144. The van der Waals surface area contributed by atoms with Gasteiger partial charge in [0.15, 0.2) is 5.16 Å². The first-order chi connectivity index (χ1) is 13.0. The number of nitrogens with one attached hydrogen (secondary N) is 2. The average molecular weight is 408 g/mol. The Morgan fingerprint density at radius 1 is 1.30 bits per heavy atom. The number of carbonyl (C=O) groups excluding carboxylic acids is 2. The number of carbonyl (C=O) groups is 2. The average Bonchev–Trinajstić information content (AvgIpc) is 2.65. The fraction of sp³-hybridized carbons (Fsp3) is 0.333. The van der Waals surface area contributed by atoms with Crippen molar-refractivity contribution in [3.63, 3.8) is 0 Å². The minimum Gasteiger partial charge on any atom is -0.467 e. The Bertz CT molecular complexity index is 827. The van der Waals surface area contributed by atoms with Crippen molar-refractivity contribution in [1.82, 2.24) is 15.3 Å². The van der Waals surface area contributed by atoms with Gasteiger partial charge >= 0.3 is 5.97 Å². The van der Waals surface area contributed by atoms with Crippen LogP contribution in [0.2, 0.25) is 0 Å². The molecule has 1 aromatic heterocycles. The highest BCUT2D eigenvalue weighted by atomic mass is 32.2. The molecule has 0 spiro atoms. The first kappa shape index (κ1) is 21.0. The van der Waals surface area contributed by atoms with Gasteiger partial charge in [-0.2, -0.15) is 11.8 Å². The molecule has 7 nitrogen and oxygen atoms in total. The molecule has 144 valence electrons. The first-order valence-electron chi connectivity index (χ1n) is 8.17. The van der Waals surface area contributed by atoms with Gasteiger partial charge in [0.05, 0.1) is 12.9 Å². The third-order valence-corrected chi connectivity index (χ3v) is 5.38. The highest BCUT2D eigenvalue weighted by molar-refractivity contribution is 7.99. The molecule has 1 amide bonds. The van der Waals surface area contributed by atoms with E-state index in [0.29, 0.717) is 16.6 Å². The van der Waals surface area contributed by atoms with E-state index in [2.05, 4.69) is 15.3 Å². The van der Waals surface area contributed by atoms with Crippen LogP contribution in [0.25, 0.3) is 0 Å². The number of esters is 1. The molecule has 0 saturated carbocycles. The molecule has 0 fully saturated rings. The third-order valence-electron chi connectivity index (χ3n) is 3.40. The Kier molecular flexibility index (Phi) is 8.41. The zero-order chi connectivity index (χ0) is 19.6. The monoisotopic (exact) mass is 407 g/mol. The smallest absolute Gasteiger partial charge is 0.329 e. The number of aromatic nitrogens is 2. The second-order valence-electron chi connectivity index (χ2n) is 5.62. The maximum atomic E-state index is 12.2. The van der Waals surface area contributed by atoms with Crippen molar-refractivity contribution in [3.05, 3.63) is 58.0 Å². The molecule has 1 aromatic carbocycles. The van der Waals surface area contributed by atoms with E-state index in [-0.39, 0.29) is 17.2 Å². The van der Waals surface area contributed by atoms with E-state index in [4.69, 9.17) is 4.74 Å². The van der Waals surface area contributed by atoms with Crippen molar-refractivity contribution in [1.29, 1.82) is 0 Å². The molecule has 0 aliphatic carbocycles. The van der Waals surface area contributed by atoms with Gasteiger partial charge in [-0.05, 0) is 12.5 Å². The largest absolute Gasteiger partial charge is 0.467 e. The Balaban J connectivity index is 1.85. The fourth-order valence-corrected chi connectivity index (χ4v) is 3.90. The van der Waals surface area contributed by atoms with Gasteiger partial charge in [0.1, 0.15) is 6.04 Å². The van der Waals surface area contributed by atoms with E-state index in [1.165, 1.54) is 24.9 Å². The highest BCUT2D eigenvalue weighted by Crippen LogP contribution is 2.14. The normalized spacial score (nSPS) is 11.6.